The average molecular weight is 298 g/mol. The quantitative estimate of drug-likeness (QED) is 0.644. The van der Waals surface area contributed by atoms with E-state index in [1.54, 1.807) is 6.07 Å². The van der Waals surface area contributed by atoms with Crippen molar-refractivity contribution < 1.29 is 13.3 Å². The van der Waals surface area contributed by atoms with Gasteiger partial charge < -0.3 is 0 Å². The van der Waals surface area contributed by atoms with Gasteiger partial charge >= 0.3 is 0 Å². The first-order valence-corrected chi connectivity index (χ1v) is 7.04. The van der Waals surface area contributed by atoms with E-state index in [1.807, 2.05) is 0 Å². The Morgan fingerprint density at radius 3 is 2.05 bits per heavy atom. The molecular formula is C12H8ClNO4S. The number of para-hydroxylation sites is 1. The minimum Gasteiger partial charge on any atom is -0.258 e. The monoisotopic (exact) mass is 297 g/mol. The lowest BCUT2D eigenvalue weighted by atomic mass is 10.3. The van der Waals surface area contributed by atoms with Crippen LogP contribution in [0.1, 0.15) is 0 Å². The molecule has 5 nitrogen and oxygen atoms in total. The van der Waals surface area contributed by atoms with Crippen LogP contribution in [-0.4, -0.2) is 13.3 Å². The van der Waals surface area contributed by atoms with E-state index in [-0.39, 0.29) is 14.8 Å². The van der Waals surface area contributed by atoms with Gasteiger partial charge in [0.05, 0.1) is 14.8 Å². The number of nitro groups is 1. The lowest BCUT2D eigenvalue weighted by Crippen LogP contribution is -2.06. The lowest BCUT2D eigenvalue weighted by Gasteiger charge is -2.06. The van der Waals surface area contributed by atoms with Crippen LogP contribution in [0.3, 0.4) is 0 Å². The fourth-order valence-electron chi connectivity index (χ4n) is 1.62. The number of sulfone groups is 1. The molecule has 0 unspecified atom stereocenters. The molecule has 0 aliphatic carbocycles. The van der Waals surface area contributed by atoms with Crippen LogP contribution in [0.25, 0.3) is 0 Å². The molecule has 0 aromatic heterocycles. The molecule has 0 saturated heterocycles. The van der Waals surface area contributed by atoms with E-state index in [0.29, 0.717) is 0 Å². The summed E-state index contributed by atoms with van der Waals surface area (Å²) in [5.74, 6) is 0. The second kappa shape index (κ2) is 4.99. The number of nitrogens with zero attached hydrogens (tertiary/aromatic N) is 1. The standard InChI is InChI=1S/C12H8ClNO4S/c13-9-5-1-3-7-11(9)19(17,18)12-8-4-2-6-10(12)14(15)16/h1-8H. The minimum absolute atomic E-state index is 0.0284. The first-order valence-electron chi connectivity index (χ1n) is 5.17. The molecule has 0 bridgehead atoms. The normalized spacial score (nSPS) is 11.2. The Morgan fingerprint density at radius 1 is 0.947 bits per heavy atom. The maximum Gasteiger partial charge on any atom is 0.288 e. The number of hydrogen-bond acceptors (Lipinski definition) is 4. The summed E-state index contributed by atoms with van der Waals surface area (Å²) in [6.07, 6.45) is 0. The molecule has 0 radical (unpaired) electrons. The molecule has 0 spiro atoms. The number of rotatable bonds is 3. The Bertz CT molecular complexity index is 743. The van der Waals surface area contributed by atoms with Crippen molar-refractivity contribution in [3.63, 3.8) is 0 Å². The zero-order valence-corrected chi connectivity index (χ0v) is 11.1. The Labute approximate surface area is 114 Å². The Morgan fingerprint density at radius 2 is 1.47 bits per heavy atom. The van der Waals surface area contributed by atoms with Gasteiger partial charge in [0.2, 0.25) is 9.84 Å². The molecule has 0 aliphatic heterocycles. The molecule has 19 heavy (non-hydrogen) atoms. The van der Waals surface area contributed by atoms with E-state index in [4.69, 9.17) is 11.6 Å². The molecule has 0 heterocycles. The summed E-state index contributed by atoms with van der Waals surface area (Å²) in [7, 11) is -4.02. The van der Waals surface area contributed by atoms with Gasteiger partial charge in [-0.05, 0) is 18.2 Å². The largest absolute Gasteiger partial charge is 0.288 e. The van der Waals surface area contributed by atoms with Crippen LogP contribution in [0, 0.1) is 10.1 Å². The van der Waals surface area contributed by atoms with Crippen LogP contribution in [0.2, 0.25) is 5.02 Å². The molecule has 2 rings (SSSR count). The van der Waals surface area contributed by atoms with Crippen molar-refractivity contribution >= 4 is 27.1 Å². The highest BCUT2D eigenvalue weighted by molar-refractivity contribution is 7.91. The van der Waals surface area contributed by atoms with E-state index in [9.17, 15) is 18.5 Å². The van der Waals surface area contributed by atoms with E-state index in [2.05, 4.69) is 0 Å². The zero-order valence-electron chi connectivity index (χ0n) is 9.49. The van der Waals surface area contributed by atoms with Gasteiger partial charge in [0.15, 0.2) is 0 Å². The summed E-state index contributed by atoms with van der Waals surface area (Å²) < 4.78 is 24.8. The van der Waals surface area contributed by atoms with Gasteiger partial charge in [-0.3, -0.25) is 10.1 Å². The van der Waals surface area contributed by atoms with Crippen molar-refractivity contribution in [1.82, 2.24) is 0 Å². The number of nitro benzene ring substituents is 1. The van der Waals surface area contributed by atoms with Crippen molar-refractivity contribution in [2.45, 2.75) is 9.79 Å². The van der Waals surface area contributed by atoms with Crippen LogP contribution in [0.4, 0.5) is 5.69 Å². The maximum atomic E-state index is 12.4. The fourth-order valence-corrected chi connectivity index (χ4v) is 3.55. The molecule has 0 fully saturated rings. The second-order valence-corrected chi connectivity index (χ2v) is 5.95. The van der Waals surface area contributed by atoms with E-state index in [0.717, 1.165) is 6.07 Å². The molecule has 0 N–H and O–H groups in total. The van der Waals surface area contributed by atoms with Gasteiger partial charge in [-0.15, -0.1) is 0 Å². The summed E-state index contributed by atoms with van der Waals surface area (Å²) in [6.45, 7) is 0. The van der Waals surface area contributed by atoms with Crippen molar-refractivity contribution in [2.24, 2.45) is 0 Å². The number of hydrogen-bond donors (Lipinski definition) is 0. The predicted octanol–water partition coefficient (Wildman–Crippen LogP) is 3.08. The third-order valence-electron chi connectivity index (χ3n) is 2.48. The molecule has 7 heteroatoms. The third kappa shape index (κ3) is 2.45. The van der Waals surface area contributed by atoms with Crippen molar-refractivity contribution in [2.75, 3.05) is 0 Å². The van der Waals surface area contributed by atoms with Gasteiger partial charge in [-0.2, -0.15) is 0 Å². The van der Waals surface area contributed by atoms with Gasteiger partial charge in [-0.1, -0.05) is 35.9 Å². The van der Waals surface area contributed by atoms with Gasteiger partial charge in [0.25, 0.3) is 5.69 Å². The van der Waals surface area contributed by atoms with Crippen molar-refractivity contribution in [3.8, 4) is 0 Å². The number of benzene rings is 2. The first kappa shape index (κ1) is 13.5. The highest BCUT2D eigenvalue weighted by atomic mass is 35.5. The topological polar surface area (TPSA) is 77.3 Å². The maximum absolute atomic E-state index is 12.4. The minimum atomic E-state index is -4.02. The van der Waals surface area contributed by atoms with Gasteiger partial charge in [0, 0.05) is 6.07 Å². The summed E-state index contributed by atoms with van der Waals surface area (Å²) in [5.41, 5.74) is -0.470. The lowest BCUT2D eigenvalue weighted by molar-refractivity contribution is -0.387. The van der Waals surface area contributed by atoms with Gasteiger partial charge in [-0.25, -0.2) is 8.42 Å². The van der Waals surface area contributed by atoms with Crippen LogP contribution >= 0.6 is 11.6 Å². The molecule has 0 amide bonds. The molecule has 98 valence electrons. The summed E-state index contributed by atoms with van der Waals surface area (Å²) in [5, 5.41) is 10.9. The molecular weight excluding hydrogens is 290 g/mol. The van der Waals surface area contributed by atoms with E-state index in [1.165, 1.54) is 36.4 Å². The highest BCUT2D eigenvalue weighted by Gasteiger charge is 2.28. The van der Waals surface area contributed by atoms with E-state index < -0.39 is 20.4 Å². The zero-order chi connectivity index (χ0) is 14.0. The number of halogens is 1. The SMILES string of the molecule is O=[N+]([O-])c1ccccc1S(=O)(=O)c1ccccc1Cl. The van der Waals surface area contributed by atoms with Gasteiger partial charge in [0.1, 0.15) is 4.90 Å². The van der Waals surface area contributed by atoms with Crippen LogP contribution in [0.15, 0.2) is 58.3 Å². The van der Waals surface area contributed by atoms with E-state index >= 15 is 0 Å². The van der Waals surface area contributed by atoms with Crippen LogP contribution in [-0.2, 0) is 9.84 Å². The molecule has 2 aromatic rings. The van der Waals surface area contributed by atoms with Crippen molar-refractivity contribution in [3.05, 3.63) is 63.7 Å². The first-order chi connectivity index (χ1) is 8.94. The molecule has 0 atom stereocenters. The van der Waals surface area contributed by atoms with Crippen LogP contribution < -0.4 is 0 Å². The Kier molecular flexibility index (Phi) is 3.55. The molecule has 0 saturated carbocycles. The molecule has 0 aliphatic rings. The second-order valence-electron chi connectivity index (χ2n) is 3.66. The predicted molar refractivity (Wildman–Crippen MR) is 70.0 cm³/mol. The highest BCUT2D eigenvalue weighted by Crippen LogP contribution is 2.32. The Balaban J connectivity index is 2.72. The van der Waals surface area contributed by atoms with Crippen molar-refractivity contribution in [1.29, 1.82) is 0 Å². The third-order valence-corrected chi connectivity index (χ3v) is 4.78. The molecule has 2 aromatic carbocycles. The summed E-state index contributed by atoms with van der Waals surface area (Å²) >= 11 is 5.84. The average Bonchev–Trinajstić information content (AvgIpc) is 2.39. The smallest absolute Gasteiger partial charge is 0.258 e. The fraction of sp³-hybridized carbons (Fsp3) is 0. The summed E-state index contributed by atoms with van der Waals surface area (Å²) in [4.78, 5) is 9.65. The summed E-state index contributed by atoms with van der Waals surface area (Å²) in [6, 6.07) is 11.0. The van der Waals surface area contributed by atoms with Crippen LogP contribution in [0.5, 0.6) is 0 Å². The Hall–Kier alpha value is -1.92.